The summed E-state index contributed by atoms with van der Waals surface area (Å²) in [4.78, 5) is 0. The minimum absolute atomic E-state index is 0.539. The molecule has 4 nitrogen and oxygen atoms in total. The summed E-state index contributed by atoms with van der Waals surface area (Å²) in [5, 5.41) is 10.6. The summed E-state index contributed by atoms with van der Waals surface area (Å²) in [6.45, 7) is 4.40. The molecule has 0 amide bonds. The lowest BCUT2D eigenvalue weighted by Gasteiger charge is -2.16. The molecule has 0 aliphatic heterocycles. The van der Waals surface area contributed by atoms with Crippen molar-refractivity contribution in [1.82, 2.24) is 0 Å². The molecule has 22 heavy (non-hydrogen) atoms. The number of rotatable bonds is 6. The predicted molar refractivity (Wildman–Crippen MR) is 86.0 cm³/mol. The fourth-order valence-electron chi connectivity index (χ4n) is 2.40. The van der Waals surface area contributed by atoms with Crippen LogP contribution in [0.25, 0.3) is 0 Å². The molecule has 0 saturated carbocycles. The van der Waals surface area contributed by atoms with Gasteiger partial charge in [0, 0.05) is 0 Å². The van der Waals surface area contributed by atoms with Gasteiger partial charge in [-0.15, -0.1) is 0 Å². The number of ether oxygens (including phenoxy) is 3. The number of hydrogen-bond acceptors (Lipinski definition) is 4. The highest BCUT2D eigenvalue weighted by Gasteiger charge is 2.15. The molecular weight excluding hydrogens is 280 g/mol. The zero-order chi connectivity index (χ0) is 16.1. The van der Waals surface area contributed by atoms with Crippen molar-refractivity contribution >= 4 is 0 Å². The quantitative estimate of drug-likeness (QED) is 0.887. The Kier molecular flexibility index (Phi) is 5.28. The van der Waals surface area contributed by atoms with E-state index in [0.717, 1.165) is 22.4 Å². The van der Waals surface area contributed by atoms with Crippen LogP contribution in [-0.2, 0) is 0 Å². The van der Waals surface area contributed by atoms with Crippen molar-refractivity contribution in [3.05, 3.63) is 53.1 Å². The van der Waals surface area contributed by atoms with Crippen molar-refractivity contribution in [3.8, 4) is 17.2 Å². The lowest BCUT2D eigenvalue weighted by atomic mass is 9.99. The van der Waals surface area contributed by atoms with Crippen LogP contribution in [0.5, 0.6) is 17.2 Å². The van der Waals surface area contributed by atoms with E-state index >= 15 is 0 Å². The van der Waals surface area contributed by atoms with Gasteiger partial charge in [0.15, 0.2) is 11.5 Å². The molecule has 0 radical (unpaired) electrons. The summed E-state index contributed by atoms with van der Waals surface area (Å²) in [7, 11) is 3.23. The van der Waals surface area contributed by atoms with E-state index in [1.165, 1.54) is 0 Å². The Balaban J connectivity index is 2.34. The average molecular weight is 302 g/mol. The first-order chi connectivity index (χ1) is 10.6. The van der Waals surface area contributed by atoms with Gasteiger partial charge in [-0.05, 0) is 54.8 Å². The van der Waals surface area contributed by atoms with Gasteiger partial charge in [-0.1, -0.05) is 12.1 Å². The van der Waals surface area contributed by atoms with Crippen molar-refractivity contribution in [2.45, 2.75) is 20.0 Å². The van der Waals surface area contributed by atoms with Crippen LogP contribution in [-0.4, -0.2) is 25.9 Å². The summed E-state index contributed by atoms with van der Waals surface area (Å²) in [6.07, 6.45) is -0.727. The van der Waals surface area contributed by atoms with E-state index in [2.05, 4.69) is 0 Å². The third-order valence-electron chi connectivity index (χ3n) is 3.54. The highest BCUT2D eigenvalue weighted by atomic mass is 16.5. The van der Waals surface area contributed by atoms with E-state index in [1.807, 2.05) is 44.2 Å². The average Bonchev–Trinajstić information content (AvgIpc) is 2.54. The summed E-state index contributed by atoms with van der Waals surface area (Å²) in [5.41, 5.74) is 2.55. The van der Waals surface area contributed by atoms with Crippen LogP contribution in [0.3, 0.4) is 0 Å². The predicted octanol–water partition coefficient (Wildman–Crippen LogP) is 3.49. The largest absolute Gasteiger partial charge is 0.496 e. The smallest absolute Gasteiger partial charge is 0.161 e. The van der Waals surface area contributed by atoms with Gasteiger partial charge in [0.2, 0.25) is 0 Å². The first-order valence-electron chi connectivity index (χ1n) is 7.24. The molecule has 0 heterocycles. The van der Waals surface area contributed by atoms with Crippen molar-refractivity contribution in [2.75, 3.05) is 20.8 Å². The zero-order valence-electron chi connectivity index (χ0n) is 13.4. The van der Waals surface area contributed by atoms with Gasteiger partial charge in [-0.2, -0.15) is 0 Å². The Labute approximate surface area is 131 Å². The molecule has 2 aromatic carbocycles. The van der Waals surface area contributed by atoms with E-state index < -0.39 is 6.10 Å². The second kappa shape index (κ2) is 7.18. The molecule has 4 heteroatoms. The minimum atomic E-state index is -0.727. The number of hydrogen-bond donors (Lipinski definition) is 1. The highest BCUT2D eigenvalue weighted by Crippen LogP contribution is 2.33. The Morgan fingerprint density at radius 2 is 1.50 bits per heavy atom. The van der Waals surface area contributed by atoms with Gasteiger partial charge in [-0.25, -0.2) is 0 Å². The number of aliphatic hydroxyl groups excluding tert-OH is 1. The summed E-state index contributed by atoms with van der Waals surface area (Å²) in [6, 6.07) is 11.1. The lowest BCUT2D eigenvalue weighted by Crippen LogP contribution is -2.03. The molecule has 0 aliphatic carbocycles. The van der Waals surface area contributed by atoms with Crippen LogP contribution in [0.2, 0.25) is 0 Å². The number of aryl methyl sites for hydroxylation is 1. The number of methoxy groups -OCH3 is 2. The van der Waals surface area contributed by atoms with E-state index in [-0.39, 0.29) is 0 Å². The Hall–Kier alpha value is -2.20. The van der Waals surface area contributed by atoms with Gasteiger partial charge in [0.1, 0.15) is 11.9 Å². The monoisotopic (exact) mass is 302 g/mol. The molecule has 0 aromatic heterocycles. The van der Waals surface area contributed by atoms with Crippen LogP contribution < -0.4 is 14.2 Å². The van der Waals surface area contributed by atoms with E-state index in [4.69, 9.17) is 14.2 Å². The van der Waals surface area contributed by atoms with Gasteiger partial charge in [-0.3, -0.25) is 0 Å². The molecule has 118 valence electrons. The molecule has 0 spiro atoms. The fraction of sp³-hybridized carbons (Fsp3) is 0.333. The second-order valence-corrected chi connectivity index (χ2v) is 4.97. The van der Waals surface area contributed by atoms with Crippen LogP contribution in [0.15, 0.2) is 36.4 Å². The molecule has 0 fully saturated rings. The number of aliphatic hydroxyl groups is 1. The van der Waals surface area contributed by atoms with E-state index in [0.29, 0.717) is 18.1 Å². The maximum Gasteiger partial charge on any atom is 0.161 e. The standard InChI is InChI=1S/C18H22O4/c1-5-22-17-11-14(7-9-16(17)21-4)18(19)13-6-8-15(20-3)12(2)10-13/h6-11,18-19H,5H2,1-4H3/t18-/m0/s1. The second-order valence-electron chi connectivity index (χ2n) is 4.97. The maximum atomic E-state index is 10.6. The summed E-state index contributed by atoms with van der Waals surface area (Å²) < 4.78 is 16.1. The maximum absolute atomic E-state index is 10.6. The van der Waals surface area contributed by atoms with Crippen molar-refractivity contribution in [2.24, 2.45) is 0 Å². The van der Waals surface area contributed by atoms with E-state index in [1.54, 1.807) is 20.3 Å². The van der Waals surface area contributed by atoms with Crippen LogP contribution >= 0.6 is 0 Å². The van der Waals surface area contributed by atoms with Crippen molar-refractivity contribution in [3.63, 3.8) is 0 Å². The van der Waals surface area contributed by atoms with Crippen LogP contribution in [0, 0.1) is 6.92 Å². The van der Waals surface area contributed by atoms with Gasteiger partial charge in [0.05, 0.1) is 20.8 Å². The van der Waals surface area contributed by atoms with Crippen LogP contribution in [0.1, 0.15) is 29.7 Å². The Morgan fingerprint density at radius 1 is 0.909 bits per heavy atom. The van der Waals surface area contributed by atoms with Gasteiger partial charge in [0.25, 0.3) is 0 Å². The molecule has 2 rings (SSSR count). The normalized spacial score (nSPS) is 11.9. The van der Waals surface area contributed by atoms with Crippen LogP contribution in [0.4, 0.5) is 0 Å². The van der Waals surface area contributed by atoms with E-state index in [9.17, 15) is 5.11 Å². The topological polar surface area (TPSA) is 47.9 Å². The van der Waals surface area contributed by atoms with Gasteiger partial charge >= 0.3 is 0 Å². The third-order valence-corrected chi connectivity index (χ3v) is 3.54. The molecule has 0 aliphatic rings. The lowest BCUT2D eigenvalue weighted by molar-refractivity contribution is 0.219. The molecular formula is C18H22O4. The highest BCUT2D eigenvalue weighted by molar-refractivity contribution is 5.46. The molecule has 0 saturated heterocycles. The molecule has 2 aromatic rings. The third kappa shape index (κ3) is 3.34. The first-order valence-corrected chi connectivity index (χ1v) is 7.24. The Morgan fingerprint density at radius 3 is 2.05 bits per heavy atom. The molecule has 1 atom stereocenters. The fourth-order valence-corrected chi connectivity index (χ4v) is 2.40. The van der Waals surface area contributed by atoms with Gasteiger partial charge < -0.3 is 19.3 Å². The van der Waals surface area contributed by atoms with Crippen molar-refractivity contribution < 1.29 is 19.3 Å². The van der Waals surface area contributed by atoms with Crippen molar-refractivity contribution in [1.29, 1.82) is 0 Å². The SMILES string of the molecule is CCOc1cc([C@@H](O)c2ccc(OC)c(C)c2)ccc1OC. The Bertz CT molecular complexity index is 637. The zero-order valence-corrected chi connectivity index (χ0v) is 13.4. The summed E-state index contributed by atoms with van der Waals surface area (Å²) in [5.74, 6) is 2.09. The molecule has 0 bridgehead atoms. The molecule has 1 N–H and O–H groups in total. The number of benzene rings is 2. The molecule has 0 unspecified atom stereocenters. The first kappa shape index (κ1) is 16.2. The minimum Gasteiger partial charge on any atom is -0.496 e. The summed E-state index contributed by atoms with van der Waals surface area (Å²) >= 11 is 0.